The number of nitrogens with one attached hydrogen (secondary N) is 1. The van der Waals surface area contributed by atoms with E-state index in [0.717, 1.165) is 26.2 Å². The lowest BCUT2D eigenvalue weighted by atomic mass is 10.1. The molecular formula is C12H24N2OS. The van der Waals surface area contributed by atoms with Crippen molar-refractivity contribution in [1.82, 2.24) is 10.2 Å². The average Bonchev–Trinajstić information content (AvgIpc) is 2.42. The van der Waals surface area contributed by atoms with Crippen molar-refractivity contribution in [1.29, 1.82) is 0 Å². The molecule has 3 nitrogen and oxygen atoms in total. The van der Waals surface area contributed by atoms with Gasteiger partial charge in [0.2, 0.25) is 0 Å². The molecule has 0 aromatic rings. The maximum Gasteiger partial charge on any atom is 0.0826 e. The van der Waals surface area contributed by atoms with Gasteiger partial charge in [-0.25, -0.2) is 0 Å². The average molecular weight is 244 g/mol. The summed E-state index contributed by atoms with van der Waals surface area (Å²) in [6, 6.07) is 0. The summed E-state index contributed by atoms with van der Waals surface area (Å²) in [5, 5.41) is 3.40. The minimum absolute atomic E-state index is 0.403. The van der Waals surface area contributed by atoms with Gasteiger partial charge in [0.15, 0.2) is 0 Å². The van der Waals surface area contributed by atoms with Crippen molar-refractivity contribution in [3.63, 3.8) is 0 Å². The minimum atomic E-state index is 0.403. The van der Waals surface area contributed by atoms with Crippen LogP contribution in [0.25, 0.3) is 0 Å². The fourth-order valence-corrected chi connectivity index (χ4v) is 3.41. The summed E-state index contributed by atoms with van der Waals surface area (Å²) >= 11 is 2.11. The van der Waals surface area contributed by atoms with Crippen LogP contribution in [0.2, 0.25) is 0 Å². The van der Waals surface area contributed by atoms with Crippen LogP contribution in [0.1, 0.15) is 20.3 Å². The Balaban J connectivity index is 1.76. The molecule has 1 unspecified atom stereocenters. The largest absolute Gasteiger partial charge is 0.374 e. The Morgan fingerprint density at radius 1 is 1.44 bits per heavy atom. The zero-order chi connectivity index (χ0) is 11.4. The lowest BCUT2D eigenvalue weighted by molar-refractivity contribution is 0.00649. The van der Waals surface area contributed by atoms with E-state index in [2.05, 4.69) is 35.8 Å². The van der Waals surface area contributed by atoms with Gasteiger partial charge in [-0.05, 0) is 13.0 Å². The molecule has 2 saturated heterocycles. The number of morpholine rings is 1. The maximum absolute atomic E-state index is 5.76. The highest BCUT2D eigenvalue weighted by molar-refractivity contribution is 8.00. The van der Waals surface area contributed by atoms with Crippen molar-refractivity contribution in [3.05, 3.63) is 0 Å². The highest BCUT2D eigenvalue weighted by atomic mass is 32.2. The van der Waals surface area contributed by atoms with E-state index in [4.69, 9.17) is 4.74 Å². The molecule has 0 spiro atoms. The molecule has 16 heavy (non-hydrogen) atoms. The lowest BCUT2D eigenvalue weighted by Gasteiger charge is -2.29. The van der Waals surface area contributed by atoms with E-state index in [9.17, 15) is 0 Å². The Kier molecular flexibility index (Phi) is 4.53. The SMILES string of the molecule is CC1(C)CCN(CC2CNCCO2)CCS1. The first-order chi connectivity index (χ1) is 7.66. The third-order valence-corrected chi connectivity index (χ3v) is 4.77. The molecule has 0 aliphatic carbocycles. The molecule has 0 radical (unpaired) electrons. The summed E-state index contributed by atoms with van der Waals surface area (Å²) in [6.07, 6.45) is 1.69. The van der Waals surface area contributed by atoms with Gasteiger partial charge in [-0.3, -0.25) is 4.90 Å². The second kappa shape index (κ2) is 5.71. The van der Waals surface area contributed by atoms with Gasteiger partial charge in [0.1, 0.15) is 0 Å². The summed E-state index contributed by atoms with van der Waals surface area (Å²) in [5.74, 6) is 1.26. The summed E-state index contributed by atoms with van der Waals surface area (Å²) in [6.45, 7) is 11.2. The zero-order valence-corrected chi connectivity index (χ0v) is 11.3. The number of rotatable bonds is 2. The molecule has 1 atom stereocenters. The predicted octanol–water partition coefficient (Wildman–Crippen LogP) is 1.19. The number of hydrogen-bond acceptors (Lipinski definition) is 4. The van der Waals surface area contributed by atoms with Crippen molar-refractivity contribution >= 4 is 11.8 Å². The molecule has 2 heterocycles. The lowest BCUT2D eigenvalue weighted by Crippen LogP contribution is -2.45. The molecule has 94 valence electrons. The van der Waals surface area contributed by atoms with Crippen molar-refractivity contribution < 1.29 is 4.74 Å². The Morgan fingerprint density at radius 2 is 2.31 bits per heavy atom. The Bertz CT molecular complexity index is 217. The molecule has 2 fully saturated rings. The van der Waals surface area contributed by atoms with Crippen LogP contribution < -0.4 is 5.32 Å². The number of thioether (sulfide) groups is 1. The van der Waals surface area contributed by atoms with Crippen LogP contribution in [0.4, 0.5) is 0 Å². The molecule has 0 aromatic carbocycles. The Labute approximate surface area is 103 Å². The van der Waals surface area contributed by atoms with Gasteiger partial charge < -0.3 is 10.1 Å². The summed E-state index contributed by atoms with van der Waals surface area (Å²) in [4.78, 5) is 2.57. The smallest absolute Gasteiger partial charge is 0.0826 e. The fraction of sp³-hybridized carbons (Fsp3) is 1.00. The van der Waals surface area contributed by atoms with Gasteiger partial charge in [-0.2, -0.15) is 11.8 Å². The van der Waals surface area contributed by atoms with Crippen LogP contribution in [-0.4, -0.2) is 60.8 Å². The molecule has 0 saturated carbocycles. The monoisotopic (exact) mass is 244 g/mol. The quantitative estimate of drug-likeness (QED) is 0.789. The van der Waals surface area contributed by atoms with Gasteiger partial charge in [0.05, 0.1) is 12.7 Å². The number of hydrogen-bond donors (Lipinski definition) is 1. The van der Waals surface area contributed by atoms with Gasteiger partial charge in [0, 0.05) is 36.7 Å². The Morgan fingerprint density at radius 3 is 3.06 bits per heavy atom. The van der Waals surface area contributed by atoms with Crippen molar-refractivity contribution in [2.45, 2.75) is 31.1 Å². The zero-order valence-electron chi connectivity index (χ0n) is 10.5. The van der Waals surface area contributed by atoms with Gasteiger partial charge >= 0.3 is 0 Å². The van der Waals surface area contributed by atoms with Gasteiger partial charge in [0.25, 0.3) is 0 Å². The van der Waals surface area contributed by atoms with Crippen LogP contribution >= 0.6 is 11.8 Å². The molecule has 2 aliphatic heterocycles. The van der Waals surface area contributed by atoms with E-state index in [1.165, 1.54) is 25.3 Å². The van der Waals surface area contributed by atoms with Crippen LogP contribution in [0.3, 0.4) is 0 Å². The van der Waals surface area contributed by atoms with E-state index in [1.54, 1.807) is 0 Å². The van der Waals surface area contributed by atoms with Crippen LogP contribution in [0.15, 0.2) is 0 Å². The maximum atomic E-state index is 5.76. The Hall–Kier alpha value is 0.230. The summed E-state index contributed by atoms with van der Waals surface area (Å²) in [5.41, 5.74) is 0. The molecule has 2 rings (SSSR count). The molecule has 0 aromatic heterocycles. The van der Waals surface area contributed by atoms with E-state index in [1.807, 2.05) is 0 Å². The fourth-order valence-electron chi connectivity index (χ4n) is 2.27. The van der Waals surface area contributed by atoms with E-state index in [-0.39, 0.29) is 0 Å². The molecule has 0 bridgehead atoms. The topological polar surface area (TPSA) is 24.5 Å². The van der Waals surface area contributed by atoms with Crippen LogP contribution in [-0.2, 0) is 4.74 Å². The number of nitrogens with zero attached hydrogens (tertiary/aromatic N) is 1. The first-order valence-electron chi connectivity index (χ1n) is 6.34. The molecular weight excluding hydrogens is 220 g/mol. The van der Waals surface area contributed by atoms with Crippen LogP contribution in [0, 0.1) is 0 Å². The second-order valence-electron chi connectivity index (χ2n) is 5.36. The van der Waals surface area contributed by atoms with E-state index in [0.29, 0.717) is 10.9 Å². The molecule has 1 N–H and O–H groups in total. The molecule has 4 heteroatoms. The van der Waals surface area contributed by atoms with Gasteiger partial charge in [-0.1, -0.05) is 13.8 Å². The molecule has 2 aliphatic rings. The highest BCUT2D eigenvalue weighted by Gasteiger charge is 2.25. The second-order valence-corrected chi connectivity index (χ2v) is 7.16. The number of ether oxygens (including phenoxy) is 1. The van der Waals surface area contributed by atoms with Crippen LogP contribution in [0.5, 0.6) is 0 Å². The van der Waals surface area contributed by atoms with E-state index >= 15 is 0 Å². The third kappa shape index (κ3) is 3.91. The summed E-state index contributed by atoms with van der Waals surface area (Å²) in [7, 11) is 0. The van der Waals surface area contributed by atoms with E-state index < -0.39 is 0 Å². The predicted molar refractivity (Wildman–Crippen MR) is 70.2 cm³/mol. The highest BCUT2D eigenvalue weighted by Crippen LogP contribution is 2.30. The minimum Gasteiger partial charge on any atom is -0.374 e. The van der Waals surface area contributed by atoms with Crippen molar-refractivity contribution in [3.8, 4) is 0 Å². The van der Waals surface area contributed by atoms with Crippen molar-refractivity contribution in [2.24, 2.45) is 0 Å². The first-order valence-corrected chi connectivity index (χ1v) is 7.33. The normalized spacial score (nSPS) is 32.2. The molecule has 0 amide bonds. The van der Waals surface area contributed by atoms with Gasteiger partial charge in [-0.15, -0.1) is 0 Å². The standard InChI is InChI=1S/C12H24N2OS/c1-12(2)3-5-14(6-8-16-12)10-11-9-13-4-7-15-11/h11,13H,3-10H2,1-2H3. The third-order valence-electron chi connectivity index (χ3n) is 3.40. The first kappa shape index (κ1) is 12.7. The van der Waals surface area contributed by atoms with Crippen molar-refractivity contribution in [2.75, 3.05) is 45.1 Å². The summed E-state index contributed by atoms with van der Waals surface area (Å²) < 4.78 is 6.22.